The van der Waals surface area contributed by atoms with Crippen LogP contribution in [0.2, 0.25) is 0 Å². The monoisotopic (exact) mass is 650 g/mol. The first-order valence-electron chi connectivity index (χ1n) is 17.6. The molecule has 0 amide bonds. The van der Waals surface area contributed by atoms with Gasteiger partial charge in [-0.15, -0.1) is 0 Å². The van der Waals surface area contributed by atoms with Crippen LogP contribution in [0.4, 0.5) is 0 Å². The summed E-state index contributed by atoms with van der Waals surface area (Å²) >= 11 is 0. The van der Waals surface area contributed by atoms with Gasteiger partial charge in [0.2, 0.25) is 0 Å². The number of rotatable bonds is 5. The average molecular weight is 651 g/mol. The summed E-state index contributed by atoms with van der Waals surface area (Å²) in [5.41, 5.74) is 11.9. The Bertz CT molecular complexity index is 3030. The van der Waals surface area contributed by atoms with Gasteiger partial charge in [-0.05, 0) is 93.9 Å². The second-order valence-electron chi connectivity index (χ2n) is 13.3. The fraction of sp³-hybridized carbons (Fsp3) is 0.0204. The predicted molar refractivity (Wildman–Crippen MR) is 220 cm³/mol. The molecule has 0 saturated carbocycles. The number of nitrogens with zero attached hydrogens (tertiary/aromatic N) is 2. The van der Waals surface area contributed by atoms with E-state index >= 15 is 0 Å². The zero-order chi connectivity index (χ0) is 34.1. The number of para-hydroxylation sites is 2. The molecule has 10 aromatic rings. The van der Waals surface area contributed by atoms with Gasteiger partial charge in [-0.25, -0.2) is 0 Å². The largest absolute Gasteiger partial charge is 0.309 e. The molecule has 0 atom stereocenters. The quantitative estimate of drug-likeness (QED) is 0.175. The van der Waals surface area contributed by atoms with E-state index in [1.165, 1.54) is 93.1 Å². The van der Waals surface area contributed by atoms with Gasteiger partial charge in [0.05, 0.1) is 22.1 Å². The molecule has 0 unspecified atom stereocenters. The third kappa shape index (κ3) is 4.30. The maximum Gasteiger partial charge on any atom is 0.0626 e. The maximum absolute atomic E-state index is 4.29. The molecule has 10 rings (SSSR count). The molecule has 0 spiro atoms. The van der Waals surface area contributed by atoms with Gasteiger partial charge in [0.1, 0.15) is 0 Å². The standard InChI is InChI=1S/C49H34N2/c1-3-14-41-37(4-2)39-19-10-11-21-42(39)49-48(41)47-38-18-9-8-15-33(38)25-30-46(47)51(49)36-27-23-32(24-28-36)34-26-29-45-43(31-34)40-20-12-13-22-44(40)50(45)35-16-6-5-7-17-35/h3-31H,2H2,1H3/b14-3-. The molecule has 8 aromatic carbocycles. The van der Waals surface area contributed by atoms with Gasteiger partial charge in [0.25, 0.3) is 0 Å². The minimum atomic E-state index is 1.14. The summed E-state index contributed by atoms with van der Waals surface area (Å²) in [5, 5.41) is 9.98. The number of fused-ring (bicyclic) bond motifs is 10. The SMILES string of the molecule is C=Cc1c(/C=C\C)c2c3c4ccccc4ccc3n(-c3ccc(-c4ccc5c(c4)c4ccccc4n5-c4ccccc4)cc3)c2c2ccccc12. The topological polar surface area (TPSA) is 9.86 Å². The van der Waals surface area contributed by atoms with E-state index < -0.39 is 0 Å². The van der Waals surface area contributed by atoms with Crippen molar-refractivity contribution in [3.8, 4) is 22.5 Å². The molecule has 0 aliphatic heterocycles. The van der Waals surface area contributed by atoms with Crippen molar-refractivity contribution in [1.29, 1.82) is 0 Å². The number of allylic oxidation sites excluding steroid dienone is 1. The molecule has 0 saturated heterocycles. The molecule has 2 heterocycles. The van der Waals surface area contributed by atoms with Crippen LogP contribution >= 0.6 is 0 Å². The van der Waals surface area contributed by atoms with Crippen LogP contribution in [0.1, 0.15) is 18.1 Å². The Morgan fingerprint density at radius 1 is 0.451 bits per heavy atom. The summed E-state index contributed by atoms with van der Waals surface area (Å²) in [5.74, 6) is 0. The van der Waals surface area contributed by atoms with Gasteiger partial charge in [0.15, 0.2) is 0 Å². The normalized spacial score (nSPS) is 12.0. The molecular weight excluding hydrogens is 617 g/mol. The highest BCUT2D eigenvalue weighted by atomic mass is 15.0. The van der Waals surface area contributed by atoms with Crippen LogP contribution < -0.4 is 0 Å². The van der Waals surface area contributed by atoms with E-state index in [2.05, 4.69) is 193 Å². The summed E-state index contributed by atoms with van der Waals surface area (Å²) in [4.78, 5) is 0. The molecule has 0 bridgehead atoms. The number of aromatic nitrogens is 2. The zero-order valence-electron chi connectivity index (χ0n) is 28.3. The molecule has 0 N–H and O–H groups in total. The summed E-state index contributed by atoms with van der Waals surface area (Å²) in [7, 11) is 0. The molecule has 51 heavy (non-hydrogen) atoms. The Kier molecular flexibility index (Phi) is 6.59. The molecule has 0 aliphatic carbocycles. The molecule has 2 aromatic heterocycles. The highest BCUT2D eigenvalue weighted by Gasteiger charge is 2.22. The van der Waals surface area contributed by atoms with Gasteiger partial charge in [-0.2, -0.15) is 0 Å². The van der Waals surface area contributed by atoms with Crippen LogP contribution in [0.25, 0.3) is 99.8 Å². The fourth-order valence-corrected chi connectivity index (χ4v) is 8.42. The first-order chi connectivity index (χ1) is 25.2. The van der Waals surface area contributed by atoms with Gasteiger partial charge < -0.3 is 9.13 Å². The second-order valence-corrected chi connectivity index (χ2v) is 13.3. The van der Waals surface area contributed by atoms with Crippen LogP contribution in [0.5, 0.6) is 0 Å². The minimum Gasteiger partial charge on any atom is -0.309 e. The van der Waals surface area contributed by atoms with E-state index in [-0.39, 0.29) is 0 Å². The highest BCUT2D eigenvalue weighted by molar-refractivity contribution is 6.29. The van der Waals surface area contributed by atoms with Crippen molar-refractivity contribution < 1.29 is 0 Å². The summed E-state index contributed by atoms with van der Waals surface area (Å²) in [6.07, 6.45) is 6.42. The molecule has 0 radical (unpaired) electrons. The number of benzene rings is 8. The highest BCUT2D eigenvalue weighted by Crippen LogP contribution is 2.45. The third-order valence-electron chi connectivity index (χ3n) is 10.6. The van der Waals surface area contributed by atoms with E-state index in [1.54, 1.807) is 0 Å². The van der Waals surface area contributed by atoms with E-state index in [9.17, 15) is 0 Å². The van der Waals surface area contributed by atoms with Gasteiger partial charge >= 0.3 is 0 Å². The Hall–Kier alpha value is -6.64. The molecule has 0 fully saturated rings. The van der Waals surface area contributed by atoms with Crippen LogP contribution in [0.3, 0.4) is 0 Å². The number of hydrogen-bond acceptors (Lipinski definition) is 0. The van der Waals surface area contributed by atoms with Crippen molar-refractivity contribution in [1.82, 2.24) is 9.13 Å². The Labute approximate surface area is 296 Å². The zero-order valence-corrected chi connectivity index (χ0v) is 28.3. The van der Waals surface area contributed by atoms with Crippen molar-refractivity contribution in [3.05, 3.63) is 182 Å². The molecule has 2 heteroatoms. The van der Waals surface area contributed by atoms with E-state index in [0.717, 1.165) is 5.69 Å². The third-order valence-corrected chi connectivity index (χ3v) is 10.6. The molecule has 0 aliphatic rings. The van der Waals surface area contributed by atoms with Crippen LogP contribution in [0.15, 0.2) is 170 Å². The average Bonchev–Trinajstić information content (AvgIpc) is 3.72. The van der Waals surface area contributed by atoms with Gasteiger partial charge in [0, 0.05) is 38.3 Å². The van der Waals surface area contributed by atoms with Crippen molar-refractivity contribution in [3.63, 3.8) is 0 Å². The van der Waals surface area contributed by atoms with Gasteiger partial charge in [-0.3, -0.25) is 0 Å². The lowest BCUT2D eigenvalue weighted by molar-refractivity contribution is 1.18. The Balaban J connectivity index is 1.22. The van der Waals surface area contributed by atoms with Crippen molar-refractivity contribution in [2.24, 2.45) is 0 Å². The minimum absolute atomic E-state index is 1.14. The maximum atomic E-state index is 4.29. The smallest absolute Gasteiger partial charge is 0.0626 e. The summed E-state index contributed by atoms with van der Waals surface area (Å²) in [6, 6.07) is 57.4. The summed E-state index contributed by atoms with van der Waals surface area (Å²) in [6.45, 7) is 6.38. The molecule has 2 nitrogen and oxygen atoms in total. The van der Waals surface area contributed by atoms with Crippen molar-refractivity contribution in [2.75, 3.05) is 0 Å². The first-order valence-corrected chi connectivity index (χ1v) is 17.6. The van der Waals surface area contributed by atoms with E-state index in [1.807, 2.05) is 6.08 Å². The Morgan fingerprint density at radius 3 is 1.86 bits per heavy atom. The van der Waals surface area contributed by atoms with Crippen LogP contribution in [-0.2, 0) is 0 Å². The lowest BCUT2D eigenvalue weighted by Gasteiger charge is -2.14. The second kappa shape index (κ2) is 11.5. The lowest BCUT2D eigenvalue weighted by atomic mass is 9.92. The van der Waals surface area contributed by atoms with Crippen molar-refractivity contribution in [2.45, 2.75) is 6.92 Å². The van der Waals surface area contributed by atoms with Gasteiger partial charge in [-0.1, -0.05) is 134 Å². The molecular formula is C49H34N2. The van der Waals surface area contributed by atoms with E-state index in [4.69, 9.17) is 0 Å². The van der Waals surface area contributed by atoms with Crippen LogP contribution in [0, 0.1) is 0 Å². The lowest BCUT2D eigenvalue weighted by Crippen LogP contribution is -1.96. The van der Waals surface area contributed by atoms with Crippen LogP contribution in [-0.4, -0.2) is 9.13 Å². The first kappa shape index (κ1) is 29.3. The predicted octanol–water partition coefficient (Wildman–Crippen LogP) is 13.5. The molecule has 240 valence electrons. The summed E-state index contributed by atoms with van der Waals surface area (Å²) < 4.78 is 4.84. The van der Waals surface area contributed by atoms with Crippen molar-refractivity contribution >= 4 is 77.3 Å². The fourth-order valence-electron chi connectivity index (χ4n) is 8.42. The van der Waals surface area contributed by atoms with E-state index in [0.29, 0.717) is 0 Å². The number of hydrogen-bond donors (Lipinski definition) is 0. The Morgan fingerprint density at radius 2 is 1.08 bits per heavy atom.